The van der Waals surface area contributed by atoms with Gasteiger partial charge >= 0.3 is 6.36 Å². The van der Waals surface area contributed by atoms with Crippen molar-refractivity contribution < 1.29 is 17.9 Å². The summed E-state index contributed by atoms with van der Waals surface area (Å²) in [7, 11) is 0. The van der Waals surface area contributed by atoms with Crippen molar-refractivity contribution in [3.05, 3.63) is 39.6 Å². The van der Waals surface area contributed by atoms with E-state index in [1.807, 2.05) is 6.07 Å². The van der Waals surface area contributed by atoms with Gasteiger partial charge in [-0.15, -0.1) is 13.2 Å². The number of aromatic nitrogens is 1. The molecule has 20 heavy (non-hydrogen) atoms. The first-order valence-corrected chi connectivity index (χ1v) is 6.31. The van der Waals surface area contributed by atoms with Gasteiger partial charge in [0.25, 0.3) is 0 Å². The Morgan fingerprint density at radius 3 is 2.60 bits per heavy atom. The maximum Gasteiger partial charge on any atom is 0.573 e. The lowest BCUT2D eigenvalue weighted by Crippen LogP contribution is -2.17. The highest BCUT2D eigenvalue weighted by molar-refractivity contribution is 9.10. The van der Waals surface area contributed by atoms with Crippen LogP contribution in [0.1, 0.15) is 5.69 Å². The molecule has 8 heteroatoms. The van der Waals surface area contributed by atoms with E-state index in [9.17, 15) is 13.2 Å². The topological polar surface area (TPSA) is 48.8 Å². The molecular weight excluding hydrogens is 360 g/mol. The number of hydrogen-bond acceptors (Lipinski definition) is 2. The highest BCUT2D eigenvalue weighted by atomic mass is 79.9. The first-order valence-electron chi connectivity index (χ1n) is 5.14. The summed E-state index contributed by atoms with van der Waals surface area (Å²) in [6.45, 7) is 0. The van der Waals surface area contributed by atoms with E-state index in [4.69, 9.17) is 16.9 Å². The van der Waals surface area contributed by atoms with Gasteiger partial charge < -0.3 is 9.72 Å². The Hall–Kier alpha value is -1.65. The van der Waals surface area contributed by atoms with Crippen molar-refractivity contribution in [1.29, 1.82) is 5.26 Å². The van der Waals surface area contributed by atoms with Crippen LogP contribution in [0, 0.1) is 11.3 Å². The van der Waals surface area contributed by atoms with E-state index >= 15 is 0 Å². The molecule has 0 unspecified atom stereocenters. The summed E-state index contributed by atoms with van der Waals surface area (Å²) in [6, 6.07) is 6.00. The van der Waals surface area contributed by atoms with Gasteiger partial charge in [0.2, 0.25) is 0 Å². The molecule has 0 amide bonds. The highest BCUT2D eigenvalue weighted by Crippen LogP contribution is 2.37. The van der Waals surface area contributed by atoms with Gasteiger partial charge in [0.1, 0.15) is 17.5 Å². The van der Waals surface area contributed by atoms with Crippen molar-refractivity contribution in [2.45, 2.75) is 6.36 Å². The minimum Gasteiger partial charge on any atom is -0.405 e. The van der Waals surface area contributed by atoms with Crippen molar-refractivity contribution in [2.24, 2.45) is 0 Å². The molecule has 1 aromatic heterocycles. The summed E-state index contributed by atoms with van der Waals surface area (Å²) >= 11 is 8.93. The summed E-state index contributed by atoms with van der Waals surface area (Å²) in [4.78, 5) is 2.64. The molecule has 2 rings (SSSR count). The van der Waals surface area contributed by atoms with Crippen LogP contribution in [0.2, 0.25) is 5.02 Å². The summed E-state index contributed by atoms with van der Waals surface area (Å²) in [5.74, 6) is -0.384. The van der Waals surface area contributed by atoms with E-state index in [2.05, 4.69) is 25.7 Å². The quantitative estimate of drug-likeness (QED) is 0.825. The van der Waals surface area contributed by atoms with E-state index < -0.39 is 6.36 Å². The average Bonchev–Trinajstić information content (AvgIpc) is 2.72. The fourth-order valence-corrected chi connectivity index (χ4v) is 2.16. The lowest BCUT2D eigenvalue weighted by atomic mass is 10.1. The molecule has 0 spiro atoms. The molecule has 0 aliphatic carbocycles. The van der Waals surface area contributed by atoms with Crippen molar-refractivity contribution >= 4 is 27.5 Å². The van der Waals surface area contributed by atoms with Gasteiger partial charge in [-0.05, 0) is 33.6 Å². The molecule has 0 atom stereocenters. The number of nitriles is 1. The number of benzene rings is 1. The first kappa shape index (κ1) is 14.8. The summed E-state index contributed by atoms with van der Waals surface area (Å²) < 4.78 is 40.9. The van der Waals surface area contributed by atoms with Gasteiger partial charge in [-0.25, -0.2) is 0 Å². The van der Waals surface area contributed by atoms with Crippen molar-refractivity contribution in [1.82, 2.24) is 4.98 Å². The Labute approximate surface area is 125 Å². The van der Waals surface area contributed by atoms with E-state index in [0.717, 1.165) is 0 Å². The molecule has 0 aliphatic heterocycles. The normalized spacial score (nSPS) is 11.2. The minimum absolute atomic E-state index is 0.142. The predicted octanol–water partition coefficient (Wildman–Crippen LogP) is 4.87. The second-order valence-electron chi connectivity index (χ2n) is 3.70. The average molecular weight is 366 g/mol. The Bertz CT molecular complexity index is 691. The van der Waals surface area contributed by atoms with Gasteiger partial charge in [-0.3, -0.25) is 0 Å². The highest BCUT2D eigenvalue weighted by Gasteiger charge is 2.32. The van der Waals surface area contributed by atoms with E-state index in [1.165, 1.54) is 18.3 Å². The van der Waals surface area contributed by atoms with Crippen molar-refractivity contribution in [3.63, 3.8) is 0 Å². The SMILES string of the molecule is N#Cc1[nH]cc(-c2ccc(Br)c(OC(F)(F)F)c2)c1Cl. The van der Waals surface area contributed by atoms with Gasteiger partial charge in [0, 0.05) is 11.8 Å². The number of nitrogens with zero attached hydrogens (tertiary/aromatic N) is 1. The van der Waals surface area contributed by atoms with Gasteiger partial charge in [-0.2, -0.15) is 5.26 Å². The van der Waals surface area contributed by atoms with Crippen LogP contribution in [0.4, 0.5) is 13.2 Å². The van der Waals surface area contributed by atoms with E-state index in [0.29, 0.717) is 11.1 Å². The lowest BCUT2D eigenvalue weighted by molar-refractivity contribution is -0.274. The molecule has 0 bridgehead atoms. The third-order valence-electron chi connectivity index (χ3n) is 2.40. The fourth-order valence-electron chi connectivity index (χ4n) is 1.57. The molecule has 104 valence electrons. The molecule has 0 aliphatic rings. The largest absolute Gasteiger partial charge is 0.573 e. The molecular formula is C12H5BrClF3N2O. The standard InChI is InChI=1S/C12H5BrClF3N2O/c13-8-2-1-6(3-10(8)20-12(15,16)17)7-5-19-9(4-18)11(7)14/h1-3,5,19H. The van der Waals surface area contributed by atoms with Crippen LogP contribution in [0.15, 0.2) is 28.9 Å². The number of nitrogens with one attached hydrogen (secondary N) is 1. The molecule has 0 fully saturated rings. The van der Waals surface area contributed by atoms with E-state index in [-0.39, 0.29) is 20.9 Å². The zero-order valence-corrected chi connectivity index (χ0v) is 11.9. The number of H-pyrrole nitrogens is 1. The number of halogens is 5. The van der Waals surface area contributed by atoms with Crippen molar-refractivity contribution in [3.8, 4) is 22.9 Å². The Morgan fingerprint density at radius 1 is 1.35 bits per heavy atom. The number of ether oxygens (including phenoxy) is 1. The van der Waals surface area contributed by atoms with Gasteiger partial charge in [0.05, 0.1) is 9.50 Å². The molecule has 0 saturated heterocycles. The van der Waals surface area contributed by atoms with Crippen LogP contribution < -0.4 is 4.74 Å². The second kappa shape index (κ2) is 5.38. The maximum absolute atomic E-state index is 12.3. The second-order valence-corrected chi connectivity index (χ2v) is 4.93. The molecule has 2 aromatic rings. The number of aromatic amines is 1. The van der Waals surface area contributed by atoms with Gasteiger partial charge in [-0.1, -0.05) is 17.7 Å². The summed E-state index contributed by atoms with van der Waals surface area (Å²) in [5.41, 5.74) is 0.959. The number of rotatable bonds is 2. The monoisotopic (exact) mass is 364 g/mol. The van der Waals surface area contributed by atoms with Crippen LogP contribution in [0.25, 0.3) is 11.1 Å². The van der Waals surface area contributed by atoms with Crippen LogP contribution in [0.5, 0.6) is 5.75 Å². The van der Waals surface area contributed by atoms with Crippen LogP contribution in [-0.2, 0) is 0 Å². The molecule has 3 nitrogen and oxygen atoms in total. The summed E-state index contributed by atoms with van der Waals surface area (Å²) in [6.07, 6.45) is -3.34. The van der Waals surface area contributed by atoms with Crippen molar-refractivity contribution in [2.75, 3.05) is 0 Å². The van der Waals surface area contributed by atoms with E-state index in [1.54, 1.807) is 6.07 Å². The maximum atomic E-state index is 12.3. The Balaban J connectivity index is 2.46. The molecule has 1 N–H and O–H groups in total. The minimum atomic E-state index is -4.79. The first-order chi connectivity index (χ1) is 9.31. The molecule has 1 heterocycles. The Morgan fingerprint density at radius 2 is 2.05 bits per heavy atom. The third-order valence-corrected chi connectivity index (χ3v) is 3.44. The van der Waals surface area contributed by atoms with Crippen LogP contribution in [0.3, 0.4) is 0 Å². The molecule has 1 aromatic carbocycles. The lowest BCUT2D eigenvalue weighted by Gasteiger charge is -2.11. The fraction of sp³-hybridized carbons (Fsp3) is 0.0833. The molecule has 0 radical (unpaired) electrons. The van der Waals surface area contributed by atoms with Crippen LogP contribution >= 0.6 is 27.5 Å². The van der Waals surface area contributed by atoms with Crippen LogP contribution in [-0.4, -0.2) is 11.3 Å². The predicted molar refractivity (Wildman–Crippen MR) is 70.3 cm³/mol. The molecule has 0 saturated carbocycles. The smallest absolute Gasteiger partial charge is 0.405 e. The summed E-state index contributed by atoms with van der Waals surface area (Å²) in [5, 5.41) is 8.93. The zero-order chi connectivity index (χ0) is 14.9. The zero-order valence-electron chi connectivity index (χ0n) is 9.55. The van der Waals surface area contributed by atoms with Gasteiger partial charge in [0.15, 0.2) is 0 Å². The number of alkyl halides is 3. The third kappa shape index (κ3) is 3.08. The Kier molecular flexibility index (Phi) is 3.97. The number of hydrogen-bond donors (Lipinski definition) is 1.